The van der Waals surface area contributed by atoms with Gasteiger partial charge in [0.2, 0.25) is 5.82 Å². The van der Waals surface area contributed by atoms with Crippen molar-refractivity contribution in [3.8, 4) is 5.88 Å². The molecular weight excluding hydrogens is 524 g/mol. The van der Waals surface area contributed by atoms with Crippen LogP contribution in [0.3, 0.4) is 0 Å². The van der Waals surface area contributed by atoms with E-state index in [4.69, 9.17) is 29.2 Å². The minimum Gasteiger partial charge on any atom is -0.478 e. The lowest BCUT2D eigenvalue weighted by atomic mass is 10.1. The van der Waals surface area contributed by atoms with Crippen LogP contribution in [0.1, 0.15) is 27.7 Å². The van der Waals surface area contributed by atoms with E-state index in [1.807, 2.05) is 20.8 Å². The fourth-order valence-corrected chi connectivity index (χ4v) is 3.15. The van der Waals surface area contributed by atoms with Gasteiger partial charge >= 0.3 is 23.9 Å². The van der Waals surface area contributed by atoms with Crippen LogP contribution in [-0.4, -0.2) is 101 Å². The number of hydrogen-bond acceptors (Lipinski definition) is 13. The Labute approximate surface area is 224 Å². The van der Waals surface area contributed by atoms with Crippen molar-refractivity contribution in [3.05, 3.63) is 24.3 Å². The molecule has 1 aliphatic heterocycles. The predicted octanol–water partition coefficient (Wildman–Crippen LogP) is 0.885. The molecule has 0 unspecified atom stereocenters. The third-order valence-corrected chi connectivity index (χ3v) is 4.81. The molecule has 38 heavy (non-hydrogen) atoms. The molecule has 212 valence electrons. The lowest BCUT2D eigenvalue weighted by Crippen LogP contribution is -2.44. The Morgan fingerprint density at radius 2 is 1.66 bits per heavy atom. The van der Waals surface area contributed by atoms with Gasteiger partial charge in [-0.05, 0) is 27.7 Å². The zero-order valence-corrected chi connectivity index (χ0v) is 22.6. The van der Waals surface area contributed by atoms with Crippen molar-refractivity contribution in [1.82, 2.24) is 14.1 Å². The Bertz CT molecular complexity index is 952. The Hall–Kier alpha value is -3.56. The molecule has 0 bridgehead atoms. The van der Waals surface area contributed by atoms with Gasteiger partial charge < -0.3 is 39.4 Å². The van der Waals surface area contributed by atoms with Gasteiger partial charge in [-0.2, -0.15) is 4.37 Å². The van der Waals surface area contributed by atoms with Crippen LogP contribution in [-0.2, 0) is 33.4 Å². The number of carboxylic acids is 2. The molecular formula is C23H34N4O10S. The van der Waals surface area contributed by atoms with Gasteiger partial charge in [0.1, 0.15) is 12.7 Å². The lowest BCUT2D eigenvalue weighted by molar-refractivity contribution is -0.145. The van der Waals surface area contributed by atoms with Crippen molar-refractivity contribution in [2.45, 2.75) is 39.3 Å². The molecule has 0 aromatic carbocycles. The van der Waals surface area contributed by atoms with E-state index in [-0.39, 0.29) is 18.8 Å². The number of carbonyl (C=O) groups is 4. The minimum absolute atomic E-state index is 0.0881. The lowest BCUT2D eigenvalue weighted by Gasteiger charge is -2.27. The van der Waals surface area contributed by atoms with Crippen LogP contribution in [0.5, 0.6) is 5.88 Å². The third kappa shape index (κ3) is 14.9. The molecule has 2 heterocycles. The number of rotatable bonds is 12. The fraction of sp³-hybridized carbons (Fsp3) is 0.565. The van der Waals surface area contributed by atoms with Crippen LogP contribution in [0, 0.1) is 0 Å². The second kappa shape index (κ2) is 17.0. The summed E-state index contributed by atoms with van der Waals surface area (Å²) >= 11 is 1.07. The number of nitrogens with one attached hydrogen (secondary N) is 1. The molecule has 0 amide bonds. The normalized spacial score (nSPS) is 14.5. The molecule has 1 aromatic rings. The number of hydrogen-bond donors (Lipinski definition) is 3. The number of morpholine rings is 1. The SMILES string of the molecule is CCOC(=O)/C=C\C(=O)O[C@@H](CNC(C)(C)C)COc1nsnc1N1CCOCC1.O=C(O)/C=C\C(=O)O. The third-order valence-electron chi connectivity index (χ3n) is 4.31. The summed E-state index contributed by atoms with van der Waals surface area (Å²) in [7, 11) is 0. The molecule has 15 heteroatoms. The van der Waals surface area contributed by atoms with Gasteiger partial charge in [0.15, 0.2) is 0 Å². The average Bonchev–Trinajstić information content (AvgIpc) is 3.32. The molecule has 1 aromatic heterocycles. The summed E-state index contributed by atoms with van der Waals surface area (Å²) in [6, 6.07) is 0. The molecule has 0 spiro atoms. The molecule has 2 rings (SSSR count). The van der Waals surface area contributed by atoms with Crippen LogP contribution in [0.4, 0.5) is 5.82 Å². The van der Waals surface area contributed by atoms with E-state index >= 15 is 0 Å². The fourth-order valence-electron chi connectivity index (χ4n) is 2.63. The Kier molecular flexibility index (Phi) is 14.6. The zero-order chi connectivity index (χ0) is 28.6. The first-order chi connectivity index (χ1) is 17.9. The van der Waals surface area contributed by atoms with Crippen LogP contribution >= 0.6 is 11.7 Å². The van der Waals surface area contributed by atoms with E-state index in [1.165, 1.54) is 0 Å². The van der Waals surface area contributed by atoms with Gasteiger partial charge in [-0.25, -0.2) is 19.2 Å². The largest absolute Gasteiger partial charge is 0.478 e. The Morgan fingerprint density at radius 3 is 2.21 bits per heavy atom. The summed E-state index contributed by atoms with van der Waals surface area (Å²) in [5, 5.41) is 18.9. The highest BCUT2D eigenvalue weighted by atomic mass is 32.1. The molecule has 1 fully saturated rings. The van der Waals surface area contributed by atoms with Crippen LogP contribution in [0.2, 0.25) is 0 Å². The average molecular weight is 559 g/mol. The maximum absolute atomic E-state index is 12.1. The highest BCUT2D eigenvalue weighted by Gasteiger charge is 2.23. The minimum atomic E-state index is -1.26. The highest BCUT2D eigenvalue weighted by molar-refractivity contribution is 6.99. The highest BCUT2D eigenvalue weighted by Crippen LogP contribution is 2.26. The summed E-state index contributed by atoms with van der Waals surface area (Å²) < 4.78 is 30.0. The molecule has 1 aliphatic rings. The molecule has 3 N–H and O–H groups in total. The van der Waals surface area contributed by atoms with Crippen LogP contribution < -0.4 is 15.0 Å². The first kappa shape index (κ1) is 32.5. The van der Waals surface area contributed by atoms with Gasteiger partial charge in [0, 0.05) is 49.5 Å². The number of ether oxygens (including phenoxy) is 4. The molecule has 0 saturated carbocycles. The number of nitrogens with zero attached hydrogens (tertiary/aromatic N) is 3. The van der Waals surface area contributed by atoms with E-state index in [9.17, 15) is 19.2 Å². The van der Waals surface area contributed by atoms with Crippen molar-refractivity contribution in [1.29, 1.82) is 0 Å². The van der Waals surface area contributed by atoms with Gasteiger partial charge in [0.05, 0.1) is 31.5 Å². The second-order valence-electron chi connectivity index (χ2n) is 8.59. The molecule has 1 saturated heterocycles. The molecule has 1 atom stereocenters. The van der Waals surface area contributed by atoms with E-state index < -0.39 is 30.0 Å². The number of esters is 2. The zero-order valence-electron chi connectivity index (χ0n) is 21.7. The van der Waals surface area contributed by atoms with Gasteiger partial charge in [-0.15, -0.1) is 4.37 Å². The first-order valence-corrected chi connectivity index (χ1v) is 12.4. The topological polar surface area (TPSA) is 187 Å². The predicted molar refractivity (Wildman–Crippen MR) is 136 cm³/mol. The van der Waals surface area contributed by atoms with Gasteiger partial charge in [-0.1, -0.05) is 0 Å². The van der Waals surface area contributed by atoms with E-state index in [0.29, 0.717) is 56.7 Å². The van der Waals surface area contributed by atoms with Crippen LogP contribution in [0.25, 0.3) is 0 Å². The molecule has 0 aliphatic carbocycles. The van der Waals surface area contributed by atoms with Crippen molar-refractivity contribution < 1.29 is 48.3 Å². The maximum Gasteiger partial charge on any atom is 0.331 e. The summed E-state index contributed by atoms with van der Waals surface area (Å²) in [5.74, 6) is -2.70. The number of aromatic nitrogens is 2. The quantitative estimate of drug-likeness (QED) is 0.242. The first-order valence-electron chi connectivity index (χ1n) is 11.6. The summed E-state index contributed by atoms with van der Waals surface area (Å²) in [6.07, 6.45) is 2.61. The summed E-state index contributed by atoms with van der Waals surface area (Å²) in [4.78, 5) is 44.7. The molecule has 14 nitrogen and oxygen atoms in total. The smallest absolute Gasteiger partial charge is 0.331 e. The number of aliphatic carboxylic acids is 2. The van der Waals surface area contributed by atoms with Crippen molar-refractivity contribution >= 4 is 41.4 Å². The van der Waals surface area contributed by atoms with Crippen LogP contribution in [0.15, 0.2) is 24.3 Å². The number of anilines is 1. The van der Waals surface area contributed by atoms with Crippen molar-refractivity contribution in [2.24, 2.45) is 0 Å². The molecule has 0 radical (unpaired) electrons. The Balaban J connectivity index is 0.000000781. The monoisotopic (exact) mass is 558 g/mol. The van der Waals surface area contributed by atoms with E-state index in [2.05, 4.69) is 19.0 Å². The second-order valence-corrected chi connectivity index (χ2v) is 9.12. The van der Waals surface area contributed by atoms with Gasteiger partial charge in [0.25, 0.3) is 5.88 Å². The summed E-state index contributed by atoms with van der Waals surface area (Å²) in [6.45, 7) is 11.1. The number of carbonyl (C=O) groups excluding carboxylic acids is 2. The van der Waals surface area contributed by atoms with Crippen molar-refractivity contribution in [2.75, 3.05) is 51.0 Å². The Morgan fingerprint density at radius 1 is 1.05 bits per heavy atom. The van der Waals surface area contributed by atoms with Crippen molar-refractivity contribution in [3.63, 3.8) is 0 Å². The summed E-state index contributed by atoms with van der Waals surface area (Å²) in [5.41, 5.74) is -0.174. The number of carboxylic acid groups (broad SMARTS) is 2. The van der Waals surface area contributed by atoms with E-state index in [1.54, 1.807) is 6.92 Å². The van der Waals surface area contributed by atoms with Gasteiger partial charge in [-0.3, -0.25) is 0 Å². The van der Waals surface area contributed by atoms with E-state index in [0.717, 1.165) is 23.9 Å². The standard InChI is InChI=1S/C19H30N4O6S.C4H4O4/c1-5-27-15(24)6-7-16(25)29-14(12-20-19(2,3)4)13-28-18-17(21-30-22-18)23-8-10-26-11-9-23;5-3(6)1-2-4(7)8/h6-7,14,20H,5,8-13H2,1-4H3;1-2H,(H,5,6)(H,7,8)/b7-6-;2-1-/t14-;/m0./s1. The maximum atomic E-state index is 12.1.